The van der Waals surface area contributed by atoms with Crippen molar-refractivity contribution < 1.29 is 9.90 Å². The number of aromatic hydroxyl groups is 1. The number of carbonyl (C=O) groups is 1. The van der Waals surface area contributed by atoms with Crippen molar-refractivity contribution >= 4 is 11.6 Å². The second kappa shape index (κ2) is 6.04. The number of carbonyl (C=O) groups excluding carboxylic acids is 1. The Morgan fingerprint density at radius 2 is 2.32 bits per heavy atom. The molecule has 0 bridgehead atoms. The van der Waals surface area contributed by atoms with E-state index < -0.39 is 0 Å². The third-order valence-corrected chi connectivity index (χ3v) is 2.86. The Balaban J connectivity index is 1.80. The maximum Gasteiger partial charge on any atom is 0.224 e. The fourth-order valence-electron chi connectivity index (χ4n) is 1.84. The highest BCUT2D eigenvalue weighted by Crippen LogP contribution is 2.20. The summed E-state index contributed by atoms with van der Waals surface area (Å²) in [7, 11) is 0. The van der Waals surface area contributed by atoms with Crippen molar-refractivity contribution in [1.29, 1.82) is 0 Å². The number of aryl methyl sites for hydroxylation is 2. The van der Waals surface area contributed by atoms with Crippen molar-refractivity contribution in [2.24, 2.45) is 0 Å². The Morgan fingerprint density at radius 1 is 1.47 bits per heavy atom. The molecule has 1 heterocycles. The van der Waals surface area contributed by atoms with Gasteiger partial charge in [0.15, 0.2) is 0 Å². The van der Waals surface area contributed by atoms with E-state index in [4.69, 9.17) is 0 Å². The zero-order valence-corrected chi connectivity index (χ0v) is 10.8. The number of nitrogens with zero attached hydrogens (tertiary/aromatic N) is 2. The highest BCUT2D eigenvalue weighted by atomic mass is 16.3. The normalized spacial score (nSPS) is 10.4. The minimum absolute atomic E-state index is 0.0195. The quantitative estimate of drug-likeness (QED) is 0.810. The summed E-state index contributed by atoms with van der Waals surface area (Å²) in [6.45, 7) is 2.63. The van der Waals surface area contributed by atoms with Gasteiger partial charge in [-0.25, -0.2) is 4.98 Å². The first-order chi connectivity index (χ1) is 9.15. The van der Waals surface area contributed by atoms with Crippen molar-refractivity contribution in [2.45, 2.75) is 26.3 Å². The summed E-state index contributed by atoms with van der Waals surface area (Å²) in [6, 6.07) is 4.90. The molecule has 100 valence electrons. The molecule has 1 aromatic carbocycles. The van der Waals surface area contributed by atoms with Crippen LogP contribution in [-0.2, 0) is 11.3 Å². The molecule has 2 rings (SSSR count). The molecule has 0 spiro atoms. The fraction of sp³-hybridized carbons (Fsp3) is 0.286. The molecule has 5 heteroatoms. The number of hydrogen-bond donors (Lipinski definition) is 2. The van der Waals surface area contributed by atoms with Gasteiger partial charge in [0, 0.05) is 31.0 Å². The molecule has 0 fully saturated rings. The van der Waals surface area contributed by atoms with E-state index >= 15 is 0 Å². The Bertz CT molecular complexity index is 550. The average Bonchev–Trinajstić information content (AvgIpc) is 2.86. The van der Waals surface area contributed by atoms with Crippen LogP contribution in [0.1, 0.15) is 18.4 Å². The summed E-state index contributed by atoms with van der Waals surface area (Å²) in [4.78, 5) is 15.7. The molecular weight excluding hydrogens is 242 g/mol. The van der Waals surface area contributed by atoms with Crippen LogP contribution in [0, 0.1) is 6.92 Å². The molecule has 0 saturated carbocycles. The number of amides is 1. The van der Waals surface area contributed by atoms with E-state index in [0.29, 0.717) is 6.42 Å². The summed E-state index contributed by atoms with van der Waals surface area (Å²) in [5, 5.41) is 12.1. The lowest BCUT2D eigenvalue weighted by Crippen LogP contribution is -2.13. The van der Waals surface area contributed by atoms with Gasteiger partial charge in [-0.1, -0.05) is 0 Å². The van der Waals surface area contributed by atoms with Crippen LogP contribution in [0.25, 0.3) is 0 Å². The van der Waals surface area contributed by atoms with Crippen LogP contribution in [-0.4, -0.2) is 20.6 Å². The zero-order chi connectivity index (χ0) is 13.7. The monoisotopic (exact) mass is 259 g/mol. The van der Waals surface area contributed by atoms with Gasteiger partial charge in [0.2, 0.25) is 5.91 Å². The van der Waals surface area contributed by atoms with Gasteiger partial charge >= 0.3 is 0 Å². The molecule has 2 N–H and O–H groups in total. The lowest BCUT2D eigenvalue weighted by atomic mass is 10.2. The van der Waals surface area contributed by atoms with E-state index in [1.807, 2.05) is 17.7 Å². The van der Waals surface area contributed by atoms with Crippen molar-refractivity contribution in [2.75, 3.05) is 5.32 Å². The maximum atomic E-state index is 11.8. The number of phenols is 1. The van der Waals surface area contributed by atoms with E-state index in [0.717, 1.165) is 24.2 Å². The third kappa shape index (κ3) is 3.84. The molecule has 0 aliphatic carbocycles. The van der Waals surface area contributed by atoms with Crippen LogP contribution >= 0.6 is 0 Å². The summed E-state index contributed by atoms with van der Waals surface area (Å²) < 4.78 is 1.94. The highest BCUT2D eigenvalue weighted by molar-refractivity contribution is 5.91. The molecule has 0 aliphatic heterocycles. The van der Waals surface area contributed by atoms with E-state index in [1.165, 1.54) is 0 Å². The van der Waals surface area contributed by atoms with Gasteiger partial charge in [0.25, 0.3) is 0 Å². The van der Waals surface area contributed by atoms with Gasteiger partial charge in [0.1, 0.15) is 5.75 Å². The van der Waals surface area contributed by atoms with Gasteiger partial charge in [-0.05, 0) is 37.1 Å². The molecule has 0 unspecified atom stereocenters. The van der Waals surface area contributed by atoms with Crippen LogP contribution < -0.4 is 5.32 Å². The first kappa shape index (κ1) is 13.1. The van der Waals surface area contributed by atoms with E-state index in [2.05, 4.69) is 10.3 Å². The van der Waals surface area contributed by atoms with E-state index in [-0.39, 0.29) is 11.7 Å². The number of imidazole rings is 1. The van der Waals surface area contributed by atoms with Gasteiger partial charge < -0.3 is 15.0 Å². The molecule has 0 saturated heterocycles. The Labute approximate surface area is 111 Å². The Morgan fingerprint density at radius 3 is 3.00 bits per heavy atom. The molecular formula is C14H17N3O2. The average molecular weight is 259 g/mol. The summed E-state index contributed by atoms with van der Waals surface area (Å²) in [6.07, 6.45) is 6.56. The molecule has 2 aromatic rings. The van der Waals surface area contributed by atoms with Crippen molar-refractivity contribution in [3.8, 4) is 5.75 Å². The van der Waals surface area contributed by atoms with Crippen LogP contribution in [0.2, 0.25) is 0 Å². The summed E-state index contributed by atoms with van der Waals surface area (Å²) in [5.41, 5.74) is 1.59. The molecule has 0 atom stereocenters. The van der Waals surface area contributed by atoms with Gasteiger partial charge in [-0.2, -0.15) is 0 Å². The number of benzene rings is 1. The minimum atomic E-state index is -0.0195. The lowest BCUT2D eigenvalue weighted by Gasteiger charge is -2.08. The van der Waals surface area contributed by atoms with Gasteiger partial charge in [0.05, 0.1) is 6.33 Å². The topological polar surface area (TPSA) is 67.2 Å². The second-order valence-corrected chi connectivity index (χ2v) is 4.45. The van der Waals surface area contributed by atoms with Crippen molar-refractivity contribution in [3.63, 3.8) is 0 Å². The molecule has 0 aliphatic rings. The number of hydrogen-bond acceptors (Lipinski definition) is 3. The first-order valence-electron chi connectivity index (χ1n) is 6.20. The first-order valence-corrected chi connectivity index (χ1v) is 6.20. The van der Waals surface area contributed by atoms with Crippen LogP contribution in [0.15, 0.2) is 36.9 Å². The molecule has 0 radical (unpaired) electrons. The molecule has 5 nitrogen and oxygen atoms in total. The maximum absolute atomic E-state index is 11.8. The molecule has 19 heavy (non-hydrogen) atoms. The molecule has 1 aromatic heterocycles. The summed E-state index contributed by atoms with van der Waals surface area (Å²) >= 11 is 0. The van der Waals surface area contributed by atoms with Crippen molar-refractivity contribution in [1.82, 2.24) is 9.55 Å². The number of anilines is 1. The Kier molecular flexibility index (Phi) is 4.18. The van der Waals surface area contributed by atoms with Gasteiger partial charge in [-0.3, -0.25) is 4.79 Å². The predicted octanol–water partition coefficient (Wildman–Crippen LogP) is 2.32. The second-order valence-electron chi connectivity index (χ2n) is 4.45. The van der Waals surface area contributed by atoms with Gasteiger partial charge in [-0.15, -0.1) is 0 Å². The third-order valence-electron chi connectivity index (χ3n) is 2.86. The van der Waals surface area contributed by atoms with Crippen LogP contribution in [0.4, 0.5) is 5.69 Å². The number of phenolic OH excluding ortho intramolecular Hbond substituents is 1. The number of rotatable bonds is 5. The number of aromatic nitrogens is 2. The fourth-order valence-corrected chi connectivity index (χ4v) is 1.84. The highest BCUT2D eigenvalue weighted by Gasteiger charge is 2.05. The largest absolute Gasteiger partial charge is 0.508 e. The lowest BCUT2D eigenvalue weighted by molar-refractivity contribution is -0.116. The summed E-state index contributed by atoms with van der Waals surface area (Å²) in [5.74, 6) is 0.185. The standard InChI is InChI=1S/C14H17N3O2/c1-11-9-12(18)4-5-13(11)16-14(19)3-2-7-17-8-6-15-10-17/h4-6,8-10,18H,2-3,7H2,1H3,(H,16,19). The van der Waals surface area contributed by atoms with Crippen LogP contribution in [0.5, 0.6) is 5.75 Å². The van der Waals surface area contributed by atoms with Crippen LogP contribution in [0.3, 0.4) is 0 Å². The smallest absolute Gasteiger partial charge is 0.224 e. The minimum Gasteiger partial charge on any atom is -0.508 e. The predicted molar refractivity (Wildman–Crippen MR) is 72.9 cm³/mol. The zero-order valence-electron chi connectivity index (χ0n) is 10.8. The van der Waals surface area contributed by atoms with E-state index in [9.17, 15) is 9.90 Å². The van der Waals surface area contributed by atoms with Crippen molar-refractivity contribution in [3.05, 3.63) is 42.5 Å². The SMILES string of the molecule is Cc1cc(O)ccc1NC(=O)CCCn1ccnc1. The Hall–Kier alpha value is -2.30. The van der Waals surface area contributed by atoms with E-state index in [1.54, 1.807) is 30.7 Å². The molecule has 1 amide bonds. The number of nitrogens with one attached hydrogen (secondary N) is 1.